The number of hydrogen-bond donors (Lipinski definition) is 1. The molecule has 1 heterocycles. The molecule has 0 saturated heterocycles. The van der Waals surface area contributed by atoms with Crippen molar-refractivity contribution in [2.24, 2.45) is 0 Å². The fourth-order valence-electron chi connectivity index (χ4n) is 3.17. The predicted octanol–water partition coefficient (Wildman–Crippen LogP) is 4.76. The quantitative estimate of drug-likeness (QED) is 0.583. The van der Waals surface area contributed by atoms with Crippen molar-refractivity contribution in [2.45, 2.75) is 6.42 Å². The summed E-state index contributed by atoms with van der Waals surface area (Å²) in [5.41, 5.74) is 1.12. The van der Waals surface area contributed by atoms with E-state index >= 15 is 0 Å². The SMILES string of the molecule is O=C(CCN1C(=O)c2ccccc2C1=O)Nc1cc(Cl)ccc1Oc1ccccc1. The van der Waals surface area contributed by atoms with Crippen LogP contribution in [0.2, 0.25) is 5.02 Å². The largest absolute Gasteiger partial charge is 0.455 e. The van der Waals surface area contributed by atoms with E-state index in [0.717, 1.165) is 4.90 Å². The summed E-state index contributed by atoms with van der Waals surface area (Å²) in [6.07, 6.45) is -0.0528. The second-order valence-corrected chi connectivity index (χ2v) is 7.10. The molecule has 0 fully saturated rings. The molecule has 0 aromatic heterocycles. The molecule has 1 N–H and O–H groups in total. The fraction of sp³-hybridized carbons (Fsp3) is 0.0870. The number of halogens is 1. The maximum atomic E-state index is 12.5. The summed E-state index contributed by atoms with van der Waals surface area (Å²) in [4.78, 5) is 38.4. The van der Waals surface area contributed by atoms with E-state index < -0.39 is 0 Å². The van der Waals surface area contributed by atoms with Crippen LogP contribution in [0.4, 0.5) is 5.69 Å². The van der Waals surface area contributed by atoms with Crippen molar-refractivity contribution >= 4 is 35.0 Å². The Kier molecular flexibility index (Phi) is 5.50. The molecule has 0 saturated carbocycles. The molecule has 3 aromatic carbocycles. The third kappa shape index (κ3) is 4.04. The number of ether oxygens (including phenoxy) is 1. The van der Waals surface area contributed by atoms with Crippen LogP contribution in [-0.4, -0.2) is 29.2 Å². The number of nitrogens with zero attached hydrogens (tertiary/aromatic N) is 1. The first-order valence-electron chi connectivity index (χ1n) is 9.30. The highest BCUT2D eigenvalue weighted by atomic mass is 35.5. The van der Waals surface area contributed by atoms with Gasteiger partial charge < -0.3 is 10.1 Å². The zero-order chi connectivity index (χ0) is 21.1. The Labute approximate surface area is 178 Å². The molecule has 0 radical (unpaired) electrons. The number of carbonyl (C=O) groups excluding carboxylic acids is 3. The first-order chi connectivity index (χ1) is 14.5. The van der Waals surface area contributed by atoms with Crippen LogP contribution in [0.3, 0.4) is 0 Å². The molecule has 0 aliphatic carbocycles. The number of hydrogen-bond acceptors (Lipinski definition) is 4. The van der Waals surface area contributed by atoms with E-state index in [1.807, 2.05) is 18.2 Å². The summed E-state index contributed by atoms with van der Waals surface area (Å²) in [5, 5.41) is 3.18. The summed E-state index contributed by atoms with van der Waals surface area (Å²) in [7, 11) is 0. The summed E-state index contributed by atoms with van der Waals surface area (Å²) in [5.74, 6) is -0.105. The Morgan fingerprint density at radius 2 is 1.53 bits per heavy atom. The maximum absolute atomic E-state index is 12.5. The van der Waals surface area contributed by atoms with Crippen LogP contribution in [0, 0.1) is 0 Å². The molecular formula is C23H17ClN2O4. The van der Waals surface area contributed by atoms with Gasteiger partial charge in [-0.15, -0.1) is 0 Å². The number of imide groups is 1. The van der Waals surface area contributed by atoms with Gasteiger partial charge in [0.25, 0.3) is 11.8 Å². The first kappa shape index (κ1) is 19.7. The Morgan fingerprint density at radius 1 is 0.900 bits per heavy atom. The Morgan fingerprint density at radius 3 is 2.20 bits per heavy atom. The van der Waals surface area contributed by atoms with E-state index in [0.29, 0.717) is 33.3 Å². The van der Waals surface area contributed by atoms with Crippen molar-refractivity contribution in [1.82, 2.24) is 4.90 Å². The minimum absolute atomic E-state index is 0.0202. The molecular weight excluding hydrogens is 404 g/mol. The summed E-state index contributed by atoms with van der Waals surface area (Å²) >= 11 is 6.07. The number of para-hydroxylation sites is 1. The lowest BCUT2D eigenvalue weighted by Crippen LogP contribution is -2.32. The zero-order valence-electron chi connectivity index (χ0n) is 15.8. The molecule has 1 aliphatic heterocycles. The first-order valence-corrected chi connectivity index (χ1v) is 9.68. The van der Waals surface area contributed by atoms with Gasteiger partial charge in [0, 0.05) is 18.0 Å². The minimum Gasteiger partial charge on any atom is -0.455 e. The normalized spacial score (nSPS) is 12.6. The van der Waals surface area contributed by atoms with Crippen molar-refractivity contribution in [2.75, 3.05) is 11.9 Å². The van der Waals surface area contributed by atoms with E-state index in [4.69, 9.17) is 16.3 Å². The van der Waals surface area contributed by atoms with Gasteiger partial charge in [-0.2, -0.15) is 0 Å². The van der Waals surface area contributed by atoms with Gasteiger partial charge >= 0.3 is 0 Å². The summed E-state index contributed by atoms with van der Waals surface area (Å²) in [6.45, 7) is -0.0202. The van der Waals surface area contributed by atoms with Crippen LogP contribution in [0.5, 0.6) is 11.5 Å². The summed E-state index contributed by atoms with van der Waals surface area (Å²) in [6, 6.07) is 20.7. The van der Waals surface area contributed by atoms with Gasteiger partial charge in [0.1, 0.15) is 5.75 Å². The average molecular weight is 421 g/mol. The highest BCUT2D eigenvalue weighted by molar-refractivity contribution is 6.31. The van der Waals surface area contributed by atoms with Gasteiger partial charge in [-0.1, -0.05) is 41.9 Å². The van der Waals surface area contributed by atoms with E-state index in [2.05, 4.69) is 5.32 Å². The molecule has 0 unspecified atom stereocenters. The number of anilines is 1. The standard InChI is InChI=1S/C23H17ClN2O4/c24-15-10-11-20(30-16-6-2-1-3-7-16)19(14-15)25-21(27)12-13-26-22(28)17-8-4-5-9-18(17)23(26)29/h1-11,14H,12-13H2,(H,25,27). The number of fused-ring (bicyclic) bond motifs is 1. The Hall–Kier alpha value is -3.64. The molecule has 30 heavy (non-hydrogen) atoms. The molecule has 3 aromatic rings. The van der Waals surface area contributed by atoms with Crippen LogP contribution < -0.4 is 10.1 Å². The van der Waals surface area contributed by atoms with Crippen LogP contribution in [0.1, 0.15) is 27.1 Å². The number of rotatable bonds is 6. The minimum atomic E-state index is -0.390. The van der Waals surface area contributed by atoms with Gasteiger partial charge in [0.2, 0.25) is 5.91 Å². The van der Waals surface area contributed by atoms with Crippen molar-refractivity contribution in [1.29, 1.82) is 0 Å². The maximum Gasteiger partial charge on any atom is 0.261 e. The summed E-state index contributed by atoms with van der Waals surface area (Å²) < 4.78 is 5.83. The predicted molar refractivity (Wildman–Crippen MR) is 113 cm³/mol. The van der Waals surface area contributed by atoms with Crippen molar-refractivity contribution < 1.29 is 19.1 Å². The van der Waals surface area contributed by atoms with E-state index in [1.54, 1.807) is 54.6 Å². The van der Waals surface area contributed by atoms with Crippen LogP contribution >= 0.6 is 11.6 Å². The lowest BCUT2D eigenvalue weighted by molar-refractivity contribution is -0.116. The molecule has 1 aliphatic rings. The van der Waals surface area contributed by atoms with Gasteiger partial charge in [-0.05, 0) is 42.5 Å². The number of amides is 3. The molecule has 0 spiro atoms. The van der Waals surface area contributed by atoms with Crippen LogP contribution in [-0.2, 0) is 4.79 Å². The number of nitrogens with one attached hydrogen (secondary N) is 1. The molecule has 4 rings (SSSR count). The number of carbonyl (C=O) groups is 3. The zero-order valence-corrected chi connectivity index (χ0v) is 16.6. The van der Waals surface area contributed by atoms with Crippen molar-refractivity contribution in [3.05, 3.63) is 88.9 Å². The second kappa shape index (κ2) is 8.39. The third-order valence-corrected chi connectivity index (χ3v) is 4.86. The molecule has 3 amide bonds. The Balaban J connectivity index is 1.43. The second-order valence-electron chi connectivity index (χ2n) is 6.66. The Bertz CT molecular complexity index is 1100. The third-order valence-electron chi connectivity index (χ3n) is 4.63. The average Bonchev–Trinajstić information content (AvgIpc) is 2.99. The monoisotopic (exact) mass is 420 g/mol. The molecule has 7 heteroatoms. The van der Waals surface area contributed by atoms with Crippen molar-refractivity contribution in [3.8, 4) is 11.5 Å². The topological polar surface area (TPSA) is 75.7 Å². The highest BCUT2D eigenvalue weighted by Gasteiger charge is 2.35. The van der Waals surface area contributed by atoms with Gasteiger partial charge in [0.15, 0.2) is 5.75 Å². The highest BCUT2D eigenvalue weighted by Crippen LogP contribution is 2.32. The smallest absolute Gasteiger partial charge is 0.261 e. The molecule has 6 nitrogen and oxygen atoms in total. The van der Waals surface area contributed by atoms with Gasteiger partial charge in [-0.3, -0.25) is 19.3 Å². The lowest BCUT2D eigenvalue weighted by Gasteiger charge is -2.15. The lowest BCUT2D eigenvalue weighted by atomic mass is 10.1. The molecule has 0 atom stereocenters. The van der Waals surface area contributed by atoms with Crippen molar-refractivity contribution in [3.63, 3.8) is 0 Å². The fourth-order valence-corrected chi connectivity index (χ4v) is 3.34. The molecule has 150 valence electrons. The van der Waals surface area contributed by atoms with Crippen LogP contribution in [0.15, 0.2) is 72.8 Å². The van der Waals surface area contributed by atoms with E-state index in [9.17, 15) is 14.4 Å². The van der Waals surface area contributed by atoms with Gasteiger partial charge in [0.05, 0.1) is 16.8 Å². The van der Waals surface area contributed by atoms with Gasteiger partial charge in [-0.25, -0.2) is 0 Å². The number of benzene rings is 3. The van der Waals surface area contributed by atoms with Crippen LogP contribution in [0.25, 0.3) is 0 Å². The molecule has 0 bridgehead atoms. The van der Waals surface area contributed by atoms with E-state index in [-0.39, 0.29) is 30.7 Å². The van der Waals surface area contributed by atoms with E-state index in [1.165, 1.54) is 0 Å².